The van der Waals surface area contributed by atoms with Gasteiger partial charge >= 0.3 is 0 Å². The number of fused-ring (bicyclic) bond motifs is 1. The van der Waals surface area contributed by atoms with Gasteiger partial charge in [0.05, 0.1) is 5.02 Å². The Kier molecular flexibility index (Phi) is 2.15. The Morgan fingerprint density at radius 2 is 2.13 bits per heavy atom. The maximum absolute atomic E-state index is 11.4. The first kappa shape index (κ1) is 10.3. The van der Waals surface area contributed by atoms with Gasteiger partial charge < -0.3 is 10.4 Å². The largest absolute Gasteiger partial charge is 0.506 e. The number of rotatable bonds is 0. The molecule has 1 aromatic rings. The van der Waals surface area contributed by atoms with Gasteiger partial charge in [0.1, 0.15) is 5.75 Å². The summed E-state index contributed by atoms with van der Waals surface area (Å²) >= 11 is 5.79. The number of hydrogen-bond acceptors (Lipinski definition) is 2. The van der Waals surface area contributed by atoms with Crippen LogP contribution in [0.4, 0.5) is 5.69 Å². The van der Waals surface area contributed by atoms with E-state index in [9.17, 15) is 9.90 Å². The van der Waals surface area contributed by atoms with Crippen molar-refractivity contribution in [2.45, 2.75) is 25.7 Å². The highest BCUT2D eigenvalue weighted by atomic mass is 35.5. The highest BCUT2D eigenvalue weighted by Gasteiger charge is 2.32. The minimum atomic E-state index is -0.264. The molecule has 0 fully saturated rings. The average Bonchev–Trinajstić information content (AvgIpc) is 2.07. The Hall–Kier alpha value is -1.22. The molecule has 0 bridgehead atoms. The number of hydrogen-bond donors (Lipinski definition) is 2. The second-order valence-corrected chi connectivity index (χ2v) is 4.87. The first-order valence-corrected chi connectivity index (χ1v) is 5.11. The van der Waals surface area contributed by atoms with E-state index in [1.165, 1.54) is 0 Å². The zero-order chi connectivity index (χ0) is 11.2. The topological polar surface area (TPSA) is 49.3 Å². The minimum absolute atomic E-state index is 0.0192. The van der Waals surface area contributed by atoms with E-state index in [1.54, 1.807) is 12.1 Å². The molecule has 1 heterocycles. The molecular weight excluding hydrogens is 214 g/mol. The molecule has 1 amide bonds. The third kappa shape index (κ3) is 1.67. The van der Waals surface area contributed by atoms with E-state index >= 15 is 0 Å². The number of benzene rings is 1. The number of anilines is 1. The first-order valence-electron chi connectivity index (χ1n) is 4.73. The molecule has 0 aliphatic carbocycles. The molecule has 2 rings (SSSR count). The molecule has 0 saturated carbocycles. The number of halogens is 1. The molecule has 0 unspecified atom stereocenters. The SMILES string of the molecule is CC1(C)CC(=O)Nc2cc(Cl)c(O)cc21. The van der Waals surface area contributed by atoms with Crippen LogP contribution in [-0.4, -0.2) is 11.0 Å². The van der Waals surface area contributed by atoms with Gasteiger partial charge in [0.2, 0.25) is 5.91 Å². The van der Waals surface area contributed by atoms with E-state index in [2.05, 4.69) is 5.32 Å². The molecule has 0 spiro atoms. The normalized spacial score (nSPS) is 18.2. The van der Waals surface area contributed by atoms with Gasteiger partial charge in [0, 0.05) is 17.5 Å². The number of carbonyl (C=O) groups is 1. The molecule has 2 N–H and O–H groups in total. The van der Waals surface area contributed by atoms with Crippen LogP contribution in [0.25, 0.3) is 0 Å². The van der Waals surface area contributed by atoms with Crippen LogP contribution >= 0.6 is 11.6 Å². The van der Waals surface area contributed by atoms with Crippen molar-refractivity contribution in [1.29, 1.82) is 0 Å². The van der Waals surface area contributed by atoms with Crippen molar-refractivity contribution in [3.8, 4) is 5.75 Å². The van der Waals surface area contributed by atoms with Crippen molar-refractivity contribution in [3.63, 3.8) is 0 Å². The third-order valence-corrected chi connectivity index (χ3v) is 3.00. The molecule has 0 atom stereocenters. The van der Waals surface area contributed by atoms with Crippen LogP contribution in [0.2, 0.25) is 5.02 Å². The summed E-state index contributed by atoms with van der Waals surface area (Å²) < 4.78 is 0. The summed E-state index contributed by atoms with van der Waals surface area (Å²) in [5, 5.41) is 12.5. The summed E-state index contributed by atoms with van der Waals surface area (Å²) in [7, 11) is 0. The van der Waals surface area contributed by atoms with Crippen LogP contribution in [0.15, 0.2) is 12.1 Å². The summed E-state index contributed by atoms with van der Waals surface area (Å²) in [6, 6.07) is 3.21. The van der Waals surface area contributed by atoms with Gasteiger partial charge in [0.15, 0.2) is 0 Å². The lowest BCUT2D eigenvalue weighted by molar-refractivity contribution is -0.117. The highest BCUT2D eigenvalue weighted by Crippen LogP contribution is 2.41. The molecule has 15 heavy (non-hydrogen) atoms. The Morgan fingerprint density at radius 1 is 1.47 bits per heavy atom. The van der Waals surface area contributed by atoms with Gasteiger partial charge in [-0.15, -0.1) is 0 Å². The van der Waals surface area contributed by atoms with Crippen molar-refractivity contribution in [1.82, 2.24) is 0 Å². The molecule has 3 nitrogen and oxygen atoms in total. The Balaban J connectivity index is 2.62. The lowest BCUT2D eigenvalue weighted by Gasteiger charge is -2.32. The maximum atomic E-state index is 11.4. The number of aromatic hydroxyl groups is 1. The molecule has 0 aromatic heterocycles. The first-order chi connectivity index (χ1) is 6.90. The molecule has 80 valence electrons. The predicted molar refractivity (Wildman–Crippen MR) is 59.4 cm³/mol. The van der Waals surface area contributed by atoms with Crippen LogP contribution in [-0.2, 0) is 10.2 Å². The second-order valence-electron chi connectivity index (χ2n) is 4.46. The number of carbonyl (C=O) groups excluding carboxylic acids is 1. The second kappa shape index (κ2) is 3.14. The predicted octanol–water partition coefficient (Wildman–Crippen LogP) is 2.67. The fourth-order valence-electron chi connectivity index (χ4n) is 1.92. The fraction of sp³-hybridized carbons (Fsp3) is 0.364. The van der Waals surface area contributed by atoms with Crippen LogP contribution in [0.5, 0.6) is 5.75 Å². The quantitative estimate of drug-likeness (QED) is 0.667. The number of amides is 1. The van der Waals surface area contributed by atoms with Gasteiger partial charge in [-0.1, -0.05) is 25.4 Å². The van der Waals surface area contributed by atoms with E-state index in [0.717, 1.165) is 5.56 Å². The lowest BCUT2D eigenvalue weighted by Crippen LogP contribution is -2.32. The highest BCUT2D eigenvalue weighted by molar-refractivity contribution is 6.32. The minimum Gasteiger partial charge on any atom is -0.506 e. The molecule has 1 aromatic carbocycles. The smallest absolute Gasteiger partial charge is 0.225 e. The molecular formula is C11H12ClNO2. The zero-order valence-corrected chi connectivity index (χ0v) is 9.35. The van der Waals surface area contributed by atoms with Gasteiger partial charge in [0.25, 0.3) is 0 Å². The third-order valence-electron chi connectivity index (χ3n) is 2.69. The summed E-state index contributed by atoms with van der Waals surface area (Å²) in [6.45, 7) is 3.94. The standard InChI is InChI=1S/C11H12ClNO2/c1-11(2)5-10(15)13-8-4-7(12)9(14)3-6(8)11/h3-4,14H,5H2,1-2H3,(H,13,15). The molecule has 0 saturated heterocycles. The van der Waals surface area contributed by atoms with Crippen LogP contribution in [0.1, 0.15) is 25.8 Å². The maximum Gasteiger partial charge on any atom is 0.225 e. The van der Waals surface area contributed by atoms with Crippen molar-refractivity contribution in [2.75, 3.05) is 5.32 Å². The van der Waals surface area contributed by atoms with Gasteiger partial charge in [-0.2, -0.15) is 0 Å². The molecule has 4 heteroatoms. The Bertz CT molecular complexity index is 440. The van der Waals surface area contributed by atoms with Gasteiger partial charge in [-0.05, 0) is 17.7 Å². The van der Waals surface area contributed by atoms with Crippen molar-refractivity contribution < 1.29 is 9.90 Å². The zero-order valence-electron chi connectivity index (χ0n) is 8.60. The molecule has 1 aliphatic heterocycles. The number of nitrogens with one attached hydrogen (secondary N) is 1. The lowest BCUT2D eigenvalue weighted by atomic mass is 9.78. The molecule has 0 radical (unpaired) electrons. The van der Waals surface area contributed by atoms with Crippen LogP contribution in [0.3, 0.4) is 0 Å². The summed E-state index contributed by atoms with van der Waals surface area (Å²) in [5.74, 6) is 0.0360. The monoisotopic (exact) mass is 225 g/mol. The summed E-state index contributed by atoms with van der Waals surface area (Å²) in [4.78, 5) is 11.4. The van der Waals surface area contributed by atoms with Crippen LogP contribution < -0.4 is 5.32 Å². The fourth-order valence-corrected chi connectivity index (χ4v) is 2.08. The molecule has 1 aliphatic rings. The van der Waals surface area contributed by atoms with Crippen molar-refractivity contribution in [2.24, 2.45) is 0 Å². The Morgan fingerprint density at radius 3 is 2.80 bits per heavy atom. The van der Waals surface area contributed by atoms with Crippen LogP contribution in [0, 0.1) is 0 Å². The van der Waals surface area contributed by atoms with E-state index in [-0.39, 0.29) is 22.1 Å². The number of phenols is 1. The summed E-state index contributed by atoms with van der Waals surface area (Å²) in [5.41, 5.74) is 1.35. The van der Waals surface area contributed by atoms with E-state index in [0.29, 0.717) is 12.1 Å². The van der Waals surface area contributed by atoms with E-state index in [4.69, 9.17) is 11.6 Å². The average molecular weight is 226 g/mol. The van der Waals surface area contributed by atoms with Gasteiger partial charge in [-0.3, -0.25) is 4.79 Å². The van der Waals surface area contributed by atoms with E-state index in [1.807, 2.05) is 13.8 Å². The van der Waals surface area contributed by atoms with Crippen molar-refractivity contribution >= 4 is 23.2 Å². The van der Waals surface area contributed by atoms with Crippen molar-refractivity contribution in [3.05, 3.63) is 22.7 Å². The Labute approximate surface area is 93.1 Å². The van der Waals surface area contributed by atoms with Gasteiger partial charge in [-0.25, -0.2) is 0 Å². The summed E-state index contributed by atoms with van der Waals surface area (Å²) in [6.07, 6.45) is 0.418. The van der Waals surface area contributed by atoms with E-state index < -0.39 is 0 Å². The number of phenolic OH excluding ortho intramolecular Hbond substituents is 1.